The standard InChI is InChI=1S/C14H26N2O5/c1-4-6-19-10-12(17)8-16(3)9-13(21-14(15)18)11-20-7-5-2/h4-5,12-13,17H,1-2,6-11H2,3H3,(H2,15,18). The van der Waals surface area contributed by atoms with Crippen molar-refractivity contribution in [1.82, 2.24) is 4.90 Å². The number of nitrogens with two attached hydrogens (primary N) is 1. The van der Waals surface area contributed by atoms with E-state index in [0.29, 0.717) is 26.3 Å². The van der Waals surface area contributed by atoms with Crippen LogP contribution >= 0.6 is 0 Å². The predicted octanol–water partition coefficient (Wildman–Crippen LogP) is 0.148. The monoisotopic (exact) mass is 302 g/mol. The van der Waals surface area contributed by atoms with Crippen molar-refractivity contribution in [3.05, 3.63) is 25.3 Å². The lowest BCUT2D eigenvalue weighted by atomic mass is 10.3. The fraction of sp³-hybridized carbons (Fsp3) is 0.643. The molecule has 21 heavy (non-hydrogen) atoms. The van der Waals surface area contributed by atoms with Crippen molar-refractivity contribution in [2.24, 2.45) is 5.73 Å². The second-order valence-electron chi connectivity index (χ2n) is 4.59. The molecule has 0 rings (SSSR count). The van der Waals surface area contributed by atoms with E-state index in [1.807, 2.05) is 4.90 Å². The molecule has 0 bridgehead atoms. The number of aliphatic hydroxyl groups is 1. The van der Waals surface area contributed by atoms with Gasteiger partial charge in [0.15, 0.2) is 0 Å². The molecule has 0 spiro atoms. The van der Waals surface area contributed by atoms with Crippen LogP contribution in [0, 0.1) is 0 Å². The van der Waals surface area contributed by atoms with Gasteiger partial charge >= 0.3 is 6.09 Å². The van der Waals surface area contributed by atoms with E-state index in [9.17, 15) is 9.90 Å². The van der Waals surface area contributed by atoms with E-state index >= 15 is 0 Å². The van der Waals surface area contributed by atoms with Gasteiger partial charge in [-0.15, -0.1) is 13.2 Å². The summed E-state index contributed by atoms with van der Waals surface area (Å²) < 4.78 is 15.4. The molecule has 0 saturated heterocycles. The van der Waals surface area contributed by atoms with Gasteiger partial charge in [-0.3, -0.25) is 4.90 Å². The molecule has 2 unspecified atom stereocenters. The van der Waals surface area contributed by atoms with Gasteiger partial charge in [0.1, 0.15) is 6.10 Å². The van der Waals surface area contributed by atoms with Crippen LogP contribution in [-0.2, 0) is 14.2 Å². The highest BCUT2D eigenvalue weighted by Crippen LogP contribution is 2.00. The summed E-state index contributed by atoms with van der Waals surface area (Å²) >= 11 is 0. The first kappa shape index (κ1) is 19.6. The lowest BCUT2D eigenvalue weighted by molar-refractivity contribution is -0.00187. The Labute approximate surface area is 126 Å². The Hall–Kier alpha value is -1.41. The highest BCUT2D eigenvalue weighted by atomic mass is 16.6. The molecule has 0 aromatic rings. The number of nitrogens with zero attached hydrogens (tertiary/aromatic N) is 1. The molecule has 0 saturated carbocycles. The number of carbonyl (C=O) groups excluding carboxylic acids is 1. The molecule has 0 aliphatic carbocycles. The number of carbonyl (C=O) groups is 1. The zero-order chi connectivity index (χ0) is 16.1. The maximum atomic E-state index is 10.8. The number of ether oxygens (including phenoxy) is 3. The molecule has 2 atom stereocenters. The summed E-state index contributed by atoms with van der Waals surface area (Å²) in [5.41, 5.74) is 5.02. The van der Waals surface area contributed by atoms with Crippen LogP contribution in [0.2, 0.25) is 0 Å². The summed E-state index contributed by atoms with van der Waals surface area (Å²) in [5.74, 6) is 0. The summed E-state index contributed by atoms with van der Waals surface area (Å²) in [6, 6.07) is 0. The average Bonchev–Trinajstić information content (AvgIpc) is 2.38. The van der Waals surface area contributed by atoms with Gasteiger partial charge in [-0.2, -0.15) is 0 Å². The van der Waals surface area contributed by atoms with E-state index < -0.39 is 18.3 Å². The van der Waals surface area contributed by atoms with Crippen LogP contribution in [0.3, 0.4) is 0 Å². The molecule has 0 fully saturated rings. The van der Waals surface area contributed by atoms with E-state index in [1.54, 1.807) is 19.2 Å². The zero-order valence-electron chi connectivity index (χ0n) is 12.6. The van der Waals surface area contributed by atoms with Gasteiger partial charge in [0, 0.05) is 13.1 Å². The first-order valence-corrected chi connectivity index (χ1v) is 6.69. The van der Waals surface area contributed by atoms with Crippen LogP contribution in [0.5, 0.6) is 0 Å². The van der Waals surface area contributed by atoms with Crippen LogP contribution < -0.4 is 5.73 Å². The summed E-state index contributed by atoms with van der Waals surface area (Å²) in [7, 11) is 1.79. The van der Waals surface area contributed by atoms with Crippen molar-refractivity contribution in [2.75, 3.05) is 46.6 Å². The van der Waals surface area contributed by atoms with Crippen LogP contribution in [0.1, 0.15) is 0 Å². The van der Waals surface area contributed by atoms with Crippen molar-refractivity contribution in [3.63, 3.8) is 0 Å². The van der Waals surface area contributed by atoms with E-state index in [-0.39, 0.29) is 13.2 Å². The lowest BCUT2D eigenvalue weighted by Crippen LogP contribution is -2.41. The van der Waals surface area contributed by atoms with Gasteiger partial charge in [-0.25, -0.2) is 4.79 Å². The Kier molecular flexibility index (Phi) is 11.5. The van der Waals surface area contributed by atoms with Crippen molar-refractivity contribution >= 4 is 6.09 Å². The Morgan fingerprint density at radius 2 is 1.81 bits per heavy atom. The van der Waals surface area contributed by atoms with Gasteiger partial charge in [0.25, 0.3) is 0 Å². The number of rotatable bonds is 13. The SMILES string of the molecule is C=CCOCC(O)CN(C)CC(COCC=C)OC(N)=O. The average molecular weight is 302 g/mol. The summed E-state index contributed by atoms with van der Waals surface area (Å²) in [4.78, 5) is 12.7. The summed E-state index contributed by atoms with van der Waals surface area (Å²) in [5, 5.41) is 9.78. The molecule has 0 aliphatic heterocycles. The van der Waals surface area contributed by atoms with Gasteiger partial charge in [0.05, 0.1) is 32.5 Å². The smallest absolute Gasteiger partial charge is 0.404 e. The van der Waals surface area contributed by atoms with Crippen LogP contribution in [0.15, 0.2) is 25.3 Å². The number of hydrogen-bond acceptors (Lipinski definition) is 6. The topological polar surface area (TPSA) is 94.2 Å². The van der Waals surface area contributed by atoms with Crippen LogP contribution in [0.25, 0.3) is 0 Å². The van der Waals surface area contributed by atoms with E-state index in [1.165, 1.54) is 0 Å². The van der Waals surface area contributed by atoms with Gasteiger partial charge in [0.2, 0.25) is 0 Å². The minimum absolute atomic E-state index is 0.211. The third-order valence-corrected chi connectivity index (χ3v) is 2.41. The Bertz CT molecular complexity index is 312. The van der Waals surface area contributed by atoms with Gasteiger partial charge in [-0.1, -0.05) is 12.2 Å². The molecule has 3 N–H and O–H groups in total. The molecular weight excluding hydrogens is 276 g/mol. The second-order valence-corrected chi connectivity index (χ2v) is 4.59. The molecule has 7 heteroatoms. The molecule has 0 heterocycles. The highest BCUT2D eigenvalue weighted by Gasteiger charge is 2.17. The summed E-state index contributed by atoms with van der Waals surface area (Å²) in [6.07, 6.45) is 1.22. The quantitative estimate of drug-likeness (QED) is 0.371. The minimum Gasteiger partial charge on any atom is -0.443 e. The molecule has 0 aliphatic rings. The zero-order valence-corrected chi connectivity index (χ0v) is 12.6. The van der Waals surface area contributed by atoms with Crippen LogP contribution in [-0.4, -0.2) is 74.9 Å². The molecular formula is C14H26N2O5. The van der Waals surface area contributed by atoms with Crippen molar-refractivity contribution in [3.8, 4) is 0 Å². The van der Waals surface area contributed by atoms with Gasteiger partial charge < -0.3 is 25.1 Å². The molecule has 122 valence electrons. The Morgan fingerprint density at radius 3 is 2.33 bits per heavy atom. The number of primary amides is 1. The predicted molar refractivity (Wildman–Crippen MR) is 80.0 cm³/mol. The number of hydrogen-bond donors (Lipinski definition) is 2. The van der Waals surface area contributed by atoms with Crippen molar-refractivity contribution in [1.29, 1.82) is 0 Å². The number of aliphatic hydroxyl groups excluding tert-OH is 1. The third-order valence-electron chi connectivity index (χ3n) is 2.41. The Morgan fingerprint density at radius 1 is 1.24 bits per heavy atom. The third kappa shape index (κ3) is 12.1. The van der Waals surface area contributed by atoms with Crippen molar-refractivity contribution in [2.45, 2.75) is 12.2 Å². The largest absolute Gasteiger partial charge is 0.443 e. The maximum absolute atomic E-state index is 10.8. The lowest BCUT2D eigenvalue weighted by Gasteiger charge is -2.25. The maximum Gasteiger partial charge on any atom is 0.404 e. The van der Waals surface area contributed by atoms with Gasteiger partial charge in [-0.05, 0) is 7.05 Å². The fourth-order valence-electron chi connectivity index (χ4n) is 1.69. The van der Waals surface area contributed by atoms with E-state index in [0.717, 1.165) is 0 Å². The second kappa shape index (κ2) is 12.3. The molecule has 0 radical (unpaired) electrons. The number of likely N-dealkylation sites (N-methyl/N-ethyl adjacent to an activating group) is 1. The van der Waals surface area contributed by atoms with Crippen molar-refractivity contribution < 1.29 is 24.1 Å². The highest BCUT2D eigenvalue weighted by molar-refractivity contribution is 5.64. The molecule has 7 nitrogen and oxygen atoms in total. The van der Waals surface area contributed by atoms with E-state index in [2.05, 4.69) is 13.2 Å². The molecule has 0 aromatic carbocycles. The fourth-order valence-corrected chi connectivity index (χ4v) is 1.69. The first-order chi connectivity index (χ1) is 9.99. The van der Waals surface area contributed by atoms with E-state index in [4.69, 9.17) is 19.9 Å². The van der Waals surface area contributed by atoms with Crippen LogP contribution in [0.4, 0.5) is 4.79 Å². The summed E-state index contributed by atoms with van der Waals surface area (Å²) in [6.45, 7) is 8.99. The molecule has 1 amide bonds. The Balaban J connectivity index is 4.11. The first-order valence-electron chi connectivity index (χ1n) is 6.69. The molecule has 0 aromatic heterocycles. The minimum atomic E-state index is -0.856. The number of amides is 1. The normalized spacial score (nSPS) is 13.7.